The number of nitrogens with zero attached hydrogens (tertiary/aromatic N) is 3. The Morgan fingerprint density at radius 3 is 3.18 bits per heavy atom. The molecule has 1 amide bonds. The van der Waals surface area contributed by atoms with Gasteiger partial charge < -0.3 is 16.0 Å². The number of nitrogens with one attached hydrogen (secondary N) is 1. The van der Waals surface area contributed by atoms with Gasteiger partial charge in [-0.05, 0) is 35.3 Å². The van der Waals surface area contributed by atoms with Crippen LogP contribution in [-0.4, -0.2) is 41.3 Å². The summed E-state index contributed by atoms with van der Waals surface area (Å²) in [5.41, 5.74) is 6.97. The van der Waals surface area contributed by atoms with E-state index in [1.165, 1.54) is 11.0 Å². The van der Waals surface area contributed by atoms with Crippen molar-refractivity contribution in [1.29, 1.82) is 0 Å². The van der Waals surface area contributed by atoms with E-state index in [-0.39, 0.29) is 0 Å². The molecule has 0 saturated carbocycles. The number of piperidine rings is 1. The Hall–Kier alpha value is -1.60. The van der Waals surface area contributed by atoms with E-state index in [2.05, 4.69) is 44.1 Å². The largest absolute Gasteiger partial charge is 0.368 e. The van der Waals surface area contributed by atoms with Gasteiger partial charge in [-0.25, -0.2) is 9.78 Å². The van der Waals surface area contributed by atoms with E-state index < -0.39 is 6.03 Å². The lowest BCUT2D eigenvalue weighted by molar-refractivity contribution is 0.251. The standard InChI is InChI=1S/C15H19BrN5O/c1-2-18-10-4-3-6-20(9-10)13-11-5-7-21(15(17)22)14(11)19-8-12(13)16/h7-8,10,18H,2-4,6,9H2,1H3,(H2,17,22)/t10-/m1/s1. The SMILES string of the molecule is CCN[C@@H]1CCCN(c2c(Br)cnc3c2[c]cn3C(N)=O)C1. The zero-order chi connectivity index (χ0) is 15.7. The third kappa shape index (κ3) is 2.70. The summed E-state index contributed by atoms with van der Waals surface area (Å²) < 4.78 is 2.24. The van der Waals surface area contributed by atoms with Gasteiger partial charge in [0.1, 0.15) is 0 Å². The van der Waals surface area contributed by atoms with Crippen LogP contribution in [0, 0.1) is 6.07 Å². The van der Waals surface area contributed by atoms with Crippen molar-refractivity contribution in [2.75, 3.05) is 24.5 Å². The molecular weight excluding hydrogens is 346 g/mol. The lowest BCUT2D eigenvalue weighted by Crippen LogP contribution is -2.45. The number of amides is 1. The van der Waals surface area contributed by atoms with Crippen LogP contribution in [0.15, 0.2) is 16.9 Å². The maximum absolute atomic E-state index is 11.5. The number of rotatable bonds is 3. The molecular formula is C15H19BrN5O. The molecule has 2 aromatic rings. The first-order chi connectivity index (χ1) is 10.6. The van der Waals surface area contributed by atoms with E-state index in [0.717, 1.165) is 41.6 Å². The number of carbonyl (C=O) groups is 1. The molecule has 0 bridgehead atoms. The molecule has 3 rings (SSSR count). The average Bonchev–Trinajstić information content (AvgIpc) is 2.91. The average molecular weight is 365 g/mol. The van der Waals surface area contributed by atoms with Gasteiger partial charge in [-0.15, -0.1) is 0 Å². The van der Waals surface area contributed by atoms with Crippen LogP contribution in [0.2, 0.25) is 0 Å². The molecule has 3 N–H and O–H groups in total. The third-order valence-corrected chi connectivity index (χ3v) is 4.60. The topological polar surface area (TPSA) is 76.2 Å². The Bertz CT molecular complexity index is 697. The van der Waals surface area contributed by atoms with E-state index >= 15 is 0 Å². The lowest BCUT2D eigenvalue weighted by atomic mass is 10.0. The van der Waals surface area contributed by atoms with E-state index in [0.29, 0.717) is 11.7 Å². The number of anilines is 1. The highest BCUT2D eigenvalue weighted by Crippen LogP contribution is 2.35. The first-order valence-corrected chi connectivity index (χ1v) is 8.26. The van der Waals surface area contributed by atoms with Gasteiger partial charge >= 0.3 is 6.03 Å². The number of primary amides is 1. The number of pyridine rings is 1. The smallest absolute Gasteiger partial charge is 0.324 e. The Labute approximate surface area is 137 Å². The molecule has 1 aliphatic rings. The minimum absolute atomic E-state index is 0.479. The summed E-state index contributed by atoms with van der Waals surface area (Å²) in [6.45, 7) is 5.01. The van der Waals surface area contributed by atoms with Crippen LogP contribution in [0.5, 0.6) is 0 Å². The van der Waals surface area contributed by atoms with Gasteiger partial charge in [-0.1, -0.05) is 6.92 Å². The predicted octanol–water partition coefficient (Wildman–Crippen LogP) is 2.10. The molecule has 1 saturated heterocycles. The summed E-state index contributed by atoms with van der Waals surface area (Å²) in [6.07, 6.45) is 5.59. The van der Waals surface area contributed by atoms with Crippen molar-refractivity contribution < 1.29 is 4.79 Å². The maximum atomic E-state index is 11.5. The fourth-order valence-electron chi connectivity index (χ4n) is 3.09. The van der Waals surface area contributed by atoms with Crippen molar-refractivity contribution >= 4 is 38.7 Å². The van der Waals surface area contributed by atoms with Gasteiger partial charge in [0, 0.05) is 37.6 Å². The molecule has 1 aliphatic heterocycles. The number of likely N-dealkylation sites (N-methyl/N-ethyl adjacent to an activating group) is 1. The van der Waals surface area contributed by atoms with Gasteiger partial charge in [-0.3, -0.25) is 4.57 Å². The van der Waals surface area contributed by atoms with E-state index in [9.17, 15) is 4.79 Å². The summed E-state index contributed by atoms with van der Waals surface area (Å²) in [5, 5.41) is 4.34. The first kappa shape index (κ1) is 15.3. The van der Waals surface area contributed by atoms with E-state index in [1.54, 1.807) is 12.4 Å². The van der Waals surface area contributed by atoms with Gasteiger partial charge in [0.25, 0.3) is 0 Å². The molecule has 1 radical (unpaired) electrons. The van der Waals surface area contributed by atoms with Crippen molar-refractivity contribution in [2.45, 2.75) is 25.8 Å². The fourth-order valence-corrected chi connectivity index (χ4v) is 3.64. The van der Waals surface area contributed by atoms with Gasteiger partial charge in [0.15, 0.2) is 5.65 Å². The summed E-state index contributed by atoms with van der Waals surface area (Å²) in [4.78, 5) is 18.1. The van der Waals surface area contributed by atoms with Crippen molar-refractivity contribution in [3.05, 3.63) is 22.9 Å². The zero-order valence-electron chi connectivity index (χ0n) is 12.5. The molecule has 0 aliphatic carbocycles. The summed E-state index contributed by atoms with van der Waals surface area (Å²) in [5.74, 6) is 0. The highest BCUT2D eigenvalue weighted by molar-refractivity contribution is 9.10. The molecule has 0 aromatic carbocycles. The zero-order valence-corrected chi connectivity index (χ0v) is 14.1. The van der Waals surface area contributed by atoms with Crippen molar-refractivity contribution in [3.8, 4) is 0 Å². The Morgan fingerprint density at radius 2 is 2.45 bits per heavy atom. The van der Waals surface area contributed by atoms with Crippen LogP contribution in [-0.2, 0) is 0 Å². The van der Waals surface area contributed by atoms with Crippen LogP contribution in [0.25, 0.3) is 11.0 Å². The number of carbonyl (C=O) groups excluding carboxylic acids is 1. The van der Waals surface area contributed by atoms with Crippen LogP contribution < -0.4 is 16.0 Å². The molecule has 6 nitrogen and oxygen atoms in total. The monoisotopic (exact) mass is 364 g/mol. The van der Waals surface area contributed by atoms with Crippen LogP contribution in [0.1, 0.15) is 19.8 Å². The molecule has 117 valence electrons. The first-order valence-electron chi connectivity index (χ1n) is 7.47. The molecule has 2 aromatic heterocycles. The van der Waals surface area contributed by atoms with Gasteiger partial charge in [0.2, 0.25) is 0 Å². The predicted molar refractivity (Wildman–Crippen MR) is 90.2 cm³/mol. The minimum atomic E-state index is -0.545. The summed E-state index contributed by atoms with van der Waals surface area (Å²) >= 11 is 3.59. The van der Waals surface area contributed by atoms with E-state index in [4.69, 9.17) is 5.73 Å². The van der Waals surface area contributed by atoms with Crippen LogP contribution in [0.4, 0.5) is 10.5 Å². The Balaban J connectivity index is 2.02. The number of aromatic nitrogens is 2. The number of nitrogens with two attached hydrogens (primary N) is 1. The Morgan fingerprint density at radius 1 is 1.64 bits per heavy atom. The number of hydrogen-bond acceptors (Lipinski definition) is 4. The van der Waals surface area contributed by atoms with Crippen molar-refractivity contribution in [1.82, 2.24) is 14.9 Å². The second-order valence-corrected chi connectivity index (χ2v) is 6.33. The number of halogens is 1. The quantitative estimate of drug-likeness (QED) is 0.874. The highest BCUT2D eigenvalue weighted by Gasteiger charge is 2.24. The molecule has 1 fully saturated rings. The molecule has 0 unspecified atom stereocenters. The number of fused-ring (bicyclic) bond motifs is 1. The van der Waals surface area contributed by atoms with Crippen molar-refractivity contribution in [3.63, 3.8) is 0 Å². The minimum Gasteiger partial charge on any atom is -0.368 e. The summed E-state index contributed by atoms with van der Waals surface area (Å²) in [7, 11) is 0. The molecule has 3 heterocycles. The second-order valence-electron chi connectivity index (χ2n) is 5.48. The Kier molecular flexibility index (Phi) is 4.35. The molecule has 1 atom stereocenters. The summed E-state index contributed by atoms with van der Waals surface area (Å²) in [6, 6.07) is 3.06. The maximum Gasteiger partial charge on any atom is 0.324 e. The molecule has 7 heteroatoms. The van der Waals surface area contributed by atoms with Crippen LogP contribution >= 0.6 is 15.9 Å². The van der Waals surface area contributed by atoms with Crippen molar-refractivity contribution in [2.24, 2.45) is 5.73 Å². The molecule has 22 heavy (non-hydrogen) atoms. The molecule has 0 spiro atoms. The second kappa shape index (κ2) is 6.26. The highest BCUT2D eigenvalue weighted by atomic mass is 79.9. The lowest BCUT2D eigenvalue weighted by Gasteiger charge is -2.35. The van der Waals surface area contributed by atoms with Gasteiger partial charge in [-0.2, -0.15) is 0 Å². The fraction of sp³-hybridized carbons (Fsp3) is 0.467. The third-order valence-electron chi connectivity index (χ3n) is 4.02. The normalized spacial score (nSPS) is 18.8. The number of hydrogen-bond donors (Lipinski definition) is 2. The van der Waals surface area contributed by atoms with Crippen LogP contribution in [0.3, 0.4) is 0 Å². The van der Waals surface area contributed by atoms with Gasteiger partial charge in [0.05, 0.1) is 15.5 Å². The van der Waals surface area contributed by atoms with E-state index in [1.807, 2.05) is 0 Å².